The molecule has 9 heteroatoms. The molecular formula is C21H20N6O2S. The first-order valence-electron chi connectivity index (χ1n) is 9.47. The van der Waals surface area contributed by atoms with E-state index >= 15 is 0 Å². The quantitative estimate of drug-likeness (QED) is 0.497. The van der Waals surface area contributed by atoms with Crippen LogP contribution in [0.2, 0.25) is 0 Å². The molecule has 0 aliphatic rings. The number of anilines is 1. The molecule has 0 radical (unpaired) electrons. The van der Waals surface area contributed by atoms with Gasteiger partial charge >= 0.3 is 0 Å². The second kappa shape index (κ2) is 8.42. The average molecular weight is 420 g/mol. The standard InChI is InChI=1S/C21H20N6O2S/c1-3-27-19-9-8-16(10-17(19)25-26-27)20(29)24-21-23-18(12-30-21)15-6-4-14(5-7-15)11-22-13(2)28/h4-10,12H,3,11H2,1-2H3,(H,22,28)(H,23,24,29). The van der Waals surface area contributed by atoms with Gasteiger partial charge in [-0.15, -0.1) is 16.4 Å². The molecule has 0 atom stereocenters. The van der Waals surface area contributed by atoms with E-state index in [-0.39, 0.29) is 11.8 Å². The minimum Gasteiger partial charge on any atom is -0.352 e. The topological polar surface area (TPSA) is 102 Å². The smallest absolute Gasteiger partial charge is 0.257 e. The van der Waals surface area contributed by atoms with Gasteiger partial charge in [-0.3, -0.25) is 14.9 Å². The van der Waals surface area contributed by atoms with Crippen molar-refractivity contribution in [3.8, 4) is 11.3 Å². The maximum Gasteiger partial charge on any atom is 0.257 e. The third-order valence-corrected chi connectivity index (χ3v) is 5.35. The van der Waals surface area contributed by atoms with Crippen LogP contribution in [0.5, 0.6) is 0 Å². The van der Waals surface area contributed by atoms with Crippen molar-refractivity contribution in [1.82, 2.24) is 25.3 Å². The van der Waals surface area contributed by atoms with Crippen LogP contribution < -0.4 is 10.6 Å². The Labute approximate surface area is 176 Å². The van der Waals surface area contributed by atoms with Gasteiger partial charge in [0.1, 0.15) is 5.52 Å². The van der Waals surface area contributed by atoms with Gasteiger partial charge in [0.15, 0.2) is 5.13 Å². The maximum absolute atomic E-state index is 12.6. The third-order valence-electron chi connectivity index (χ3n) is 4.59. The fourth-order valence-corrected chi connectivity index (χ4v) is 3.71. The normalized spacial score (nSPS) is 10.9. The Balaban J connectivity index is 1.45. The van der Waals surface area contributed by atoms with E-state index in [4.69, 9.17) is 0 Å². The van der Waals surface area contributed by atoms with Crippen LogP contribution in [-0.4, -0.2) is 31.8 Å². The number of rotatable bonds is 6. The molecule has 0 fully saturated rings. The lowest BCUT2D eigenvalue weighted by Crippen LogP contribution is -2.18. The van der Waals surface area contributed by atoms with E-state index in [1.165, 1.54) is 18.3 Å². The van der Waals surface area contributed by atoms with Crippen molar-refractivity contribution < 1.29 is 9.59 Å². The van der Waals surface area contributed by atoms with Crippen LogP contribution in [0.3, 0.4) is 0 Å². The first kappa shape index (κ1) is 19.7. The van der Waals surface area contributed by atoms with Gasteiger partial charge in [0.05, 0.1) is 11.2 Å². The zero-order valence-electron chi connectivity index (χ0n) is 16.5. The minimum absolute atomic E-state index is 0.0620. The first-order chi connectivity index (χ1) is 14.5. The second-order valence-corrected chi connectivity index (χ2v) is 7.57. The fraction of sp³-hybridized carbons (Fsp3) is 0.190. The maximum atomic E-state index is 12.6. The molecule has 0 aliphatic carbocycles. The number of hydrogen-bond donors (Lipinski definition) is 2. The van der Waals surface area contributed by atoms with Crippen molar-refractivity contribution >= 4 is 39.3 Å². The van der Waals surface area contributed by atoms with E-state index in [2.05, 4.69) is 25.9 Å². The summed E-state index contributed by atoms with van der Waals surface area (Å²) in [5, 5.41) is 16.2. The molecule has 4 aromatic rings. The summed E-state index contributed by atoms with van der Waals surface area (Å²) in [6.45, 7) is 4.69. The summed E-state index contributed by atoms with van der Waals surface area (Å²) in [5.41, 5.74) is 4.81. The Bertz CT molecular complexity index is 1210. The van der Waals surface area contributed by atoms with Gasteiger partial charge in [-0.25, -0.2) is 9.67 Å². The van der Waals surface area contributed by atoms with Crippen molar-refractivity contribution in [3.63, 3.8) is 0 Å². The number of carbonyl (C=O) groups excluding carboxylic acids is 2. The van der Waals surface area contributed by atoms with Crippen molar-refractivity contribution in [1.29, 1.82) is 0 Å². The molecule has 2 N–H and O–H groups in total. The molecule has 2 aromatic heterocycles. The molecule has 0 saturated heterocycles. The van der Waals surface area contributed by atoms with E-state index in [0.29, 0.717) is 22.8 Å². The largest absolute Gasteiger partial charge is 0.352 e. The number of nitrogens with zero attached hydrogens (tertiary/aromatic N) is 4. The molecule has 0 saturated carbocycles. The summed E-state index contributed by atoms with van der Waals surface area (Å²) in [5.74, 6) is -0.303. The lowest BCUT2D eigenvalue weighted by molar-refractivity contribution is -0.119. The van der Waals surface area contributed by atoms with Gasteiger partial charge < -0.3 is 5.32 Å². The highest BCUT2D eigenvalue weighted by Crippen LogP contribution is 2.26. The molecule has 0 aliphatic heterocycles. The van der Waals surface area contributed by atoms with Crippen LogP contribution >= 0.6 is 11.3 Å². The Morgan fingerprint density at radius 2 is 1.93 bits per heavy atom. The van der Waals surface area contributed by atoms with Crippen LogP contribution in [0.25, 0.3) is 22.3 Å². The highest BCUT2D eigenvalue weighted by molar-refractivity contribution is 7.14. The minimum atomic E-state index is -0.241. The molecule has 30 heavy (non-hydrogen) atoms. The summed E-state index contributed by atoms with van der Waals surface area (Å²) < 4.78 is 1.78. The van der Waals surface area contributed by atoms with Gasteiger partial charge in [0.25, 0.3) is 5.91 Å². The first-order valence-corrected chi connectivity index (χ1v) is 10.4. The number of nitrogens with one attached hydrogen (secondary N) is 2. The number of aryl methyl sites for hydroxylation is 1. The van der Waals surface area contributed by atoms with Crippen LogP contribution in [0.4, 0.5) is 5.13 Å². The van der Waals surface area contributed by atoms with Crippen molar-refractivity contribution in [3.05, 3.63) is 59.0 Å². The van der Waals surface area contributed by atoms with Gasteiger partial charge in [0.2, 0.25) is 5.91 Å². The molecule has 2 amide bonds. The van der Waals surface area contributed by atoms with Gasteiger partial charge in [-0.1, -0.05) is 29.5 Å². The third kappa shape index (κ3) is 4.20. The summed E-state index contributed by atoms with van der Waals surface area (Å²) in [6.07, 6.45) is 0. The van der Waals surface area contributed by atoms with Crippen LogP contribution in [0.1, 0.15) is 29.8 Å². The number of carbonyl (C=O) groups is 2. The molecule has 152 valence electrons. The molecule has 2 heterocycles. The SMILES string of the molecule is CCn1nnc2cc(C(=O)Nc3nc(-c4ccc(CNC(C)=O)cc4)cs3)ccc21. The van der Waals surface area contributed by atoms with E-state index in [1.54, 1.807) is 16.8 Å². The average Bonchev–Trinajstić information content (AvgIpc) is 3.38. The molecule has 8 nitrogen and oxygen atoms in total. The zero-order valence-corrected chi connectivity index (χ0v) is 17.4. The monoisotopic (exact) mass is 420 g/mol. The van der Waals surface area contributed by atoms with E-state index in [0.717, 1.165) is 28.9 Å². The number of hydrogen-bond acceptors (Lipinski definition) is 6. The molecule has 4 rings (SSSR count). The summed E-state index contributed by atoms with van der Waals surface area (Å²) in [4.78, 5) is 28.1. The van der Waals surface area contributed by atoms with Crippen LogP contribution in [-0.2, 0) is 17.9 Å². The number of thiazole rings is 1. The van der Waals surface area contributed by atoms with Crippen molar-refractivity contribution in [2.24, 2.45) is 0 Å². The van der Waals surface area contributed by atoms with E-state index < -0.39 is 0 Å². The number of amides is 2. The van der Waals surface area contributed by atoms with Crippen molar-refractivity contribution in [2.45, 2.75) is 26.9 Å². The fourth-order valence-electron chi connectivity index (χ4n) is 3.00. The van der Waals surface area contributed by atoms with Gasteiger partial charge in [0, 0.05) is 36.5 Å². The van der Waals surface area contributed by atoms with Gasteiger partial charge in [-0.2, -0.15) is 0 Å². The summed E-state index contributed by atoms with van der Waals surface area (Å²) in [7, 11) is 0. The van der Waals surface area contributed by atoms with Gasteiger partial charge in [-0.05, 0) is 30.7 Å². The Hall–Kier alpha value is -3.59. The number of benzene rings is 2. The van der Waals surface area contributed by atoms with Crippen LogP contribution in [0, 0.1) is 0 Å². The summed E-state index contributed by atoms with van der Waals surface area (Å²) in [6, 6.07) is 13.1. The number of fused-ring (bicyclic) bond motifs is 1. The molecule has 0 bridgehead atoms. The Kier molecular flexibility index (Phi) is 5.53. The van der Waals surface area contributed by atoms with Crippen molar-refractivity contribution in [2.75, 3.05) is 5.32 Å². The predicted molar refractivity (Wildman–Crippen MR) is 116 cm³/mol. The summed E-state index contributed by atoms with van der Waals surface area (Å²) >= 11 is 1.36. The second-order valence-electron chi connectivity index (χ2n) is 6.71. The van der Waals surface area contributed by atoms with E-state index in [9.17, 15) is 9.59 Å². The lowest BCUT2D eigenvalue weighted by Gasteiger charge is -2.04. The Morgan fingerprint density at radius 1 is 1.13 bits per heavy atom. The molecule has 0 unspecified atom stereocenters. The predicted octanol–water partition coefficient (Wildman–Crippen LogP) is 3.46. The number of aromatic nitrogens is 4. The molecule has 0 spiro atoms. The molecule has 2 aromatic carbocycles. The highest BCUT2D eigenvalue weighted by atomic mass is 32.1. The Morgan fingerprint density at radius 3 is 2.67 bits per heavy atom. The van der Waals surface area contributed by atoms with Crippen LogP contribution in [0.15, 0.2) is 47.8 Å². The lowest BCUT2D eigenvalue weighted by atomic mass is 10.1. The highest BCUT2D eigenvalue weighted by Gasteiger charge is 2.12. The zero-order chi connectivity index (χ0) is 21.1. The molecular weight excluding hydrogens is 400 g/mol. The van der Waals surface area contributed by atoms with E-state index in [1.807, 2.05) is 42.6 Å².